The molecule has 0 spiro atoms. The van der Waals surface area contributed by atoms with Gasteiger partial charge in [-0.3, -0.25) is 0 Å². The standard InChI is InChI=1S/C12H5F17O2.C8H14O2/c1-3(2)4(30)31-12(28,29)10(23,24)8(19,20)6(15,16)5(13,14)7(17,18)9(21,22)11(25,26)27;1-6(2)7(9)10-8(3,4)5/h1H2,2H3;1H2,2-5H3. The second-order valence-corrected chi connectivity index (χ2v) is 8.91. The van der Waals surface area contributed by atoms with E-state index in [0.29, 0.717) is 12.5 Å². The van der Waals surface area contributed by atoms with Crippen LogP contribution in [0.25, 0.3) is 0 Å². The summed E-state index contributed by atoms with van der Waals surface area (Å²) in [7, 11) is 0. The molecule has 0 aliphatic rings. The predicted molar refractivity (Wildman–Crippen MR) is 102 cm³/mol. The molecule has 0 aliphatic heterocycles. The molecule has 0 saturated carbocycles. The third-order valence-electron chi connectivity index (χ3n) is 4.01. The summed E-state index contributed by atoms with van der Waals surface area (Å²) in [6, 6.07) is 0. The monoisotopic (exact) mass is 646 g/mol. The van der Waals surface area contributed by atoms with E-state index in [0.717, 1.165) is 0 Å². The van der Waals surface area contributed by atoms with Crippen LogP contribution in [0, 0.1) is 0 Å². The maximum atomic E-state index is 13.3. The van der Waals surface area contributed by atoms with Gasteiger partial charge in [-0.05, 0) is 34.6 Å². The van der Waals surface area contributed by atoms with Gasteiger partial charge in [-0.2, -0.15) is 74.6 Å². The smallest absolute Gasteiger partial charge is 0.457 e. The van der Waals surface area contributed by atoms with Crippen molar-refractivity contribution in [3.05, 3.63) is 24.3 Å². The zero-order chi connectivity index (χ0) is 34.2. The fourth-order valence-corrected chi connectivity index (χ4v) is 1.78. The maximum absolute atomic E-state index is 13.3. The zero-order valence-electron chi connectivity index (χ0n) is 21.0. The molecule has 0 N–H and O–H groups in total. The lowest BCUT2D eigenvalue weighted by Crippen LogP contribution is -2.74. The molecule has 0 amide bonds. The zero-order valence-corrected chi connectivity index (χ0v) is 21.0. The van der Waals surface area contributed by atoms with E-state index in [-0.39, 0.29) is 5.97 Å². The van der Waals surface area contributed by atoms with E-state index in [2.05, 4.69) is 17.9 Å². The Bertz CT molecular complexity index is 1000. The largest absolute Gasteiger partial charge is 0.473 e. The molecule has 0 aliphatic carbocycles. The van der Waals surface area contributed by atoms with Crippen LogP contribution in [0.3, 0.4) is 0 Å². The Hall–Kier alpha value is -2.77. The summed E-state index contributed by atoms with van der Waals surface area (Å²) in [4.78, 5) is 21.6. The summed E-state index contributed by atoms with van der Waals surface area (Å²) in [5, 5.41) is 0. The Morgan fingerprint density at radius 2 is 0.707 bits per heavy atom. The van der Waals surface area contributed by atoms with Crippen LogP contribution >= 0.6 is 0 Å². The van der Waals surface area contributed by atoms with Gasteiger partial charge in [0.05, 0.1) is 0 Å². The minimum atomic E-state index is -8.74. The highest BCUT2D eigenvalue weighted by Gasteiger charge is 2.95. The van der Waals surface area contributed by atoms with Crippen LogP contribution in [0.2, 0.25) is 0 Å². The second-order valence-electron chi connectivity index (χ2n) is 8.91. The van der Waals surface area contributed by atoms with Crippen LogP contribution in [0.1, 0.15) is 34.6 Å². The van der Waals surface area contributed by atoms with E-state index < -0.39 is 65.0 Å². The van der Waals surface area contributed by atoms with Gasteiger partial charge < -0.3 is 9.47 Å². The van der Waals surface area contributed by atoms with Gasteiger partial charge >= 0.3 is 59.8 Å². The molecule has 0 bridgehead atoms. The Balaban J connectivity index is 0. The van der Waals surface area contributed by atoms with Gasteiger partial charge in [-0.15, -0.1) is 0 Å². The third-order valence-corrected chi connectivity index (χ3v) is 4.01. The summed E-state index contributed by atoms with van der Waals surface area (Å²) < 4.78 is 226. The van der Waals surface area contributed by atoms with E-state index in [1.807, 2.05) is 20.8 Å². The Kier molecular flexibility index (Phi) is 11.3. The van der Waals surface area contributed by atoms with E-state index in [4.69, 9.17) is 4.74 Å². The average Bonchev–Trinajstić information content (AvgIpc) is 2.70. The number of alkyl halides is 17. The molecule has 0 rings (SSSR count). The van der Waals surface area contributed by atoms with Crippen molar-refractivity contribution in [1.29, 1.82) is 0 Å². The quantitative estimate of drug-likeness (QED) is 0.145. The SMILES string of the molecule is C=C(C)C(=O)OC(C)(C)C.C=C(C)C(=O)OC(F)(F)C(F)(F)C(F)(F)C(F)(F)C(F)(F)C(F)(F)C(F)(F)C(F)(F)F. The van der Waals surface area contributed by atoms with Gasteiger partial charge in [0.15, 0.2) is 0 Å². The lowest BCUT2D eigenvalue weighted by atomic mass is 9.90. The number of carbonyl (C=O) groups is 2. The summed E-state index contributed by atoms with van der Waals surface area (Å²) in [5.74, 6) is -53.9. The number of esters is 2. The summed E-state index contributed by atoms with van der Waals surface area (Å²) in [6.45, 7) is 13.4. The van der Waals surface area contributed by atoms with Crippen LogP contribution in [0.15, 0.2) is 24.3 Å². The Morgan fingerprint density at radius 3 is 0.927 bits per heavy atom. The lowest BCUT2D eigenvalue weighted by molar-refractivity contribution is -0.473. The van der Waals surface area contributed by atoms with Crippen LogP contribution in [-0.2, 0) is 19.1 Å². The number of rotatable bonds is 9. The maximum Gasteiger partial charge on any atom is 0.473 e. The predicted octanol–water partition coefficient (Wildman–Crippen LogP) is 7.98. The molecule has 0 saturated heterocycles. The third kappa shape index (κ3) is 7.55. The van der Waals surface area contributed by atoms with Gasteiger partial charge in [0, 0.05) is 11.1 Å². The molecular formula is C20H19F17O4. The molecule has 0 aromatic heterocycles. The van der Waals surface area contributed by atoms with E-state index in [1.54, 1.807) is 6.92 Å². The van der Waals surface area contributed by atoms with Gasteiger partial charge in [-0.25, -0.2) is 9.59 Å². The molecule has 0 aromatic carbocycles. The molecule has 0 heterocycles. The van der Waals surface area contributed by atoms with Crippen molar-refractivity contribution in [3.63, 3.8) is 0 Å². The number of hydrogen-bond donors (Lipinski definition) is 0. The van der Waals surface area contributed by atoms with Gasteiger partial charge in [-0.1, -0.05) is 13.2 Å². The second kappa shape index (κ2) is 11.5. The van der Waals surface area contributed by atoms with Crippen molar-refractivity contribution in [2.45, 2.75) is 88.0 Å². The topological polar surface area (TPSA) is 52.6 Å². The minimum absolute atomic E-state index is 0.326. The highest BCUT2D eigenvalue weighted by molar-refractivity contribution is 5.87. The first-order valence-corrected chi connectivity index (χ1v) is 9.89. The van der Waals surface area contributed by atoms with E-state index in [9.17, 15) is 84.2 Å². The number of carbonyl (C=O) groups excluding carboxylic acids is 2. The summed E-state index contributed by atoms with van der Waals surface area (Å²) in [5.41, 5.74) is -1.27. The van der Waals surface area contributed by atoms with Gasteiger partial charge in [0.1, 0.15) is 5.60 Å². The first kappa shape index (κ1) is 40.4. The van der Waals surface area contributed by atoms with Crippen LogP contribution < -0.4 is 0 Å². The Labute approximate surface area is 219 Å². The first-order chi connectivity index (χ1) is 17.4. The highest BCUT2D eigenvalue weighted by atomic mass is 19.4. The Morgan fingerprint density at radius 1 is 0.463 bits per heavy atom. The average molecular weight is 646 g/mol. The normalized spacial score (nSPS) is 14.5. The van der Waals surface area contributed by atoms with Crippen LogP contribution in [0.4, 0.5) is 74.6 Å². The van der Waals surface area contributed by atoms with Crippen molar-refractivity contribution in [3.8, 4) is 0 Å². The van der Waals surface area contributed by atoms with Crippen molar-refractivity contribution in [1.82, 2.24) is 0 Å². The van der Waals surface area contributed by atoms with Crippen molar-refractivity contribution in [2.75, 3.05) is 0 Å². The highest BCUT2D eigenvalue weighted by Crippen LogP contribution is 2.64. The number of ether oxygens (including phenoxy) is 2. The molecule has 0 unspecified atom stereocenters. The molecule has 41 heavy (non-hydrogen) atoms. The van der Waals surface area contributed by atoms with E-state index in [1.165, 1.54) is 0 Å². The fraction of sp³-hybridized carbons (Fsp3) is 0.700. The van der Waals surface area contributed by atoms with E-state index >= 15 is 0 Å². The first-order valence-electron chi connectivity index (χ1n) is 9.89. The summed E-state index contributed by atoms with van der Waals surface area (Å²) in [6.07, 6.45) is -15.0. The van der Waals surface area contributed by atoms with Crippen LogP contribution in [-0.4, -0.2) is 65.4 Å². The molecule has 4 nitrogen and oxygen atoms in total. The molecule has 0 radical (unpaired) electrons. The van der Waals surface area contributed by atoms with Gasteiger partial charge in [0.2, 0.25) is 0 Å². The molecule has 0 fully saturated rings. The molecular weight excluding hydrogens is 627 g/mol. The number of halogens is 17. The van der Waals surface area contributed by atoms with Crippen molar-refractivity contribution >= 4 is 11.9 Å². The molecule has 21 heteroatoms. The minimum Gasteiger partial charge on any atom is -0.457 e. The van der Waals surface area contributed by atoms with Crippen LogP contribution in [0.5, 0.6) is 0 Å². The number of hydrogen-bond acceptors (Lipinski definition) is 4. The lowest BCUT2D eigenvalue weighted by Gasteiger charge is -2.42. The van der Waals surface area contributed by atoms with Crippen molar-refractivity contribution in [2.24, 2.45) is 0 Å². The fourth-order valence-electron chi connectivity index (χ4n) is 1.78. The molecule has 0 aromatic rings. The summed E-state index contributed by atoms with van der Waals surface area (Å²) >= 11 is 0. The van der Waals surface area contributed by atoms with Gasteiger partial charge in [0.25, 0.3) is 0 Å². The van der Waals surface area contributed by atoms with Crippen molar-refractivity contribution < 1.29 is 93.7 Å². The molecule has 0 atom stereocenters. The molecule has 242 valence electrons.